The van der Waals surface area contributed by atoms with Gasteiger partial charge in [0.05, 0.1) is 11.4 Å². The summed E-state index contributed by atoms with van der Waals surface area (Å²) in [6, 6.07) is 10.7. The SMILES string of the molecule is Cc1cc(C)c(S(=O)(=O)NCc2nc(-c3cccc(Cl)c3)no2)c(C)c1. The fourth-order valence-electron chi connectivity index (χ4n) is 2.89. The molecule has 1 N–H and O–H groups in total. The zero-order valence-electron chi connectivity index (χ0n) is 14.6. The van der Waals surface area contributed by atoms with Gasteiger partial charge in [0.2, 0.25) is 21.7 Å². The third-order valence-electron chi connectivity index (χ3n) is 3.84. The summed E-state index contributed by atoms with van der Waals surface area (Å²) in [5.41, 5.74) is 3.10. The van der Waals surface area contributed by atoms with E-state index in [1.165, 1.54) is 0 Å². The summed E-state index contributed by atoms with van der Waals surface area (Å²) < 4.78 is 33.0. The Kier molecular flexibility index (Phi) is 5.13. The number of sulfonamides is 1. The Bertz CT molecular complexity index is 1040. The van der Waals surface area contributed by atoms with Gasteiger partial charge in [0, 0.05) is 10.6 Å². The van der Waals surface area contributed by atoms with E-state index in [0.717, 1.165) is 5.56 Å². The Hall–Kier alpha value is -2.22. The van der Waals surface area contributed by atoms with E-state index in [-0.39, 0.29) is 17.3 Å². The van der Waals surface area contributed by atoms with Gasteiger partial charge in [-0.1, -0.05) is 46.6 Å². The second kappa shape index (κ2) is 7.19. The van der Waals surface area contributed by atoms with Gasteiger partial charge in [0.25, 0.3) is 0 Å². The molecule has 0 saturated heterocycles. The van der Waals surface area contributed by atoms with E-state index >= 15 is 0 Å². The molecule has 0 spiro atoms. The molecule has 1 heterocycles. The molecule has 0 aliphatic carbocycles. The predicted octanol–water partition coefficient (Wildman–Crippen LogP) is 3.79. The number of halogens is 1. The molecule has 0 amide bonds. The van der Waals surface area contributed by atoms with E-state index in [9.17, 15) is 8.42 Å². The Morgan fingerprint density at radius 3 is 2.46 bits per heavy atom. The summed E-state index contributed by atoms with van der Waals surface area (Å²) in [7, 11) is -3.70. The van der Waals surface area contributed by atoms with Crippen LogP contribution in [0.4, 0.5) is 0 Å². The van der Waals surface area contributed by atoms with Crippen molar-refractivity contribution in [1.82, 2.24) is 14.9 Å². The molecule has 136 valence electrons. The molecule has 0 unspecified atom stereocenters. The lowest BCUT2D eigenvalue weighted by atomic mass is 10.1. The van der Waals surface area contributed by atoms with Crippen molar-refractivity contribution in [3.63, 3.8) is 0 Å². The van der Waals surface area contributed by atoms with Crippen LogP contribution < -0.4 is 4.72 Å². The molecule has 0 atom stereocenters. The number of nitrogens with one attached hydrogen (secondary N) is 1. The van der Waals surface area contributed by atoms with Crippen molar-refractivity contribution in [3.05, 3.63) is 64.0 Å². The van der Waals surface area contributed by atoms with Crippen LogP contribution in [0.1, 0.15) is 22.6 Å². The number of benzene rings is 2. The van der Waals surface area contributed by atoms with Crippen molar-refractivity contribution in [2.24, 2.45) is 0 Å². The molecule has 0 bridgehead atoms. The molecule has 8 heteroatoms. The highest BCUT2D eigenvalue weighted by Gasteiger charge is 2.21. The summed E-state index contributed by atoms with van der Waals surface area (Å²) in [4.78, 5) is 4.49. The summed E-state index contributed by atoms with van der Waals surface area (Å²) >= 11 is 5.95. The number of hydrogen-bond donors (Lipinski definition) is 1. The average molecular weight is 392 g/mol. The molecule has 1 aromatic heterocycles. The normalized spacial score (nSPS) is 11.7. The molecule has 26 heavy (non-hydrogen) atoms. The minimum absolute atomic E-state index is 0.0946. The Labute approximate surface area is 157 Å². The third-order valence-corrected chi connectivity index (χ3v) is 5.78. The Morgan fingerprint density at radius 1 is 1.12 bits per heavy atom. The van der Waals surface area contributed by atoms with E-state index in [0.29, 0.717) is 27.5 Å². The minimum Gasteiger partial charge on any atom is -0.338 e. The van der Waals surface area contributed by atoms with Crippen molar-refractivity contribution < 1.29 is 12.9 Å². The average Bonchev–Trinajstić information content (AvgIpc) is 3.01. The molecule has 0 radical (unpaired) electrons. The van der Waals surface area contributed by atoms with Gasteiger partial charge in [-0.25, -0.2) is 13.1 Å². The first kappa shape index (κ1) is 18.6. The first-order valence-corrected chi connectivity index (χ1v) is 9.78. The predicted molar refractivity (Wildman–Crippen MR) is 99.4 cm³/mol. The summed E-state index contributed by atoms with van der Waals surface area (Å²) in [5, 5.41) is 4.42. The number of aromatic nitrogens is 2. The lowest BCUT2D eigenvalue weighted by Crippen LogP contribution is -2.25. The highest BCUT2D eigenvalue weighted by Crippen LogP contribution is 2.22. The monoisotopic (exact) mass is 391 g/mol. The Balaban J connectivity index is 1.79. The van der Waals surface area contributed by atoms with Crippen LogP contribution in [0.5, 0.6) is 0 Å². The minimum atomic E-state index is -3.70. The smallest absolute Gasteiger partial charge is 0.242 e. The number of nitrogens with zero attached hydrogens (tertiary/aromatic N) is 2. The summed E-state index contributed by atoms with van der Waals surface area (Å²) in [6.07, 6.45) is 0. The van der Waals surface area contributed by atoms with Crippen LogP contribution in [-0.2, 0) is 16.6 Å². The van der Waals surface area contributed by atoms with Crippen LogP contribution in [0, 0.1) is 20.8 Å². The van der Waals surface area contributed by atoms with E-state index in [4.69, 9.17) is 16.1 Å². The molecule has 0 saturated carbocycles. The zero-order chi connectivity index (χ0) is 18.9. The Morgan fingerprint density at radius 2 is 1.81 bits per heavy atom. The summed E-state index contributed by atoms with van der Waals surface area (Å²) in [6.45, 7) is 5.39. The molecule has 2 aromatic carbocycles. The van der Waals surface area contributed by atoms with E-state index in [1.54, 1.807) is 38.1 Å². The van der Waals surface area contributed by atoms with Gasteiger partial charge >= 0.3 is 0 Å². The maximum atomic E-state index is 12.7. The molecule has 0 fully saturated rings. The van der Waals surface area contributed by atoms with Crippen molar-refractivity contribution in [3.8, 4) is 11.4 Å². The van der Waals surface area contributed by atoms with Gasteiger partial charge in [0.1, 0.15) is 0 Å². The van der Waals surface area contributed by atoms with Crippen molar-refractivity contribution in [2.75, 3.05) is 0 Å². The van der Waals surface area contributed by atoms with E-state index in [1.807, 2.05) is 19.1 Å². The van der Waals surface area contributed by atoms with Gasteiger partial charge in [-0.15, -0.1) is 0 Å². The van der Waals surface area contributed by atoms with Crippen LogP contribution in [0.25, 0.3) is 11.4 Å². The number of rotatable bonds is 5. The topological polar surface area (TPSA) is 85.1 Å². The molecule has 0 aliphatic rings. The van der Waals surface area contributed by atoms with Crippen LogP contribution in [0.2, 0.25) is 5.02 Å². The first-order chi connectivity index (χ1) is 12.3. The molecule has 6 nitrogen and oxygen atoms in total. The molecule has 0 aliphatic heterocycles. The standard InChI is InChI=1S/C18H18ClN3O3S/c1-11-7-12(2)17(13(3)8-11)26(23,24)20-10-16-21-18(22-25-16)14-5-4-6-15(19)9-14/h4-9,20H,10H2,1-3H3. The second-order valence-corrected chi connectivity index (χ2v) is 8.21. The van der Waals surface area contributed by atoms with Crippen molar-refractivity contribution in [2.45, 2.75) is 32.2 Å². The maximum absolute atomic E-state index is 12.7. The zero-order valence-corrected chi connectivity index (χ0v) is 16.1. The van der Waals surface area contributed by atoms with Crippen LogP contribution in [0.3, 0.4) is 0 Å². The van der Waals surface area contributed by atoms with Gasteiger partial charge in [-0.05, 0) is 44.0 Å². The fraction of sp³-hybridized carbons (Fsp3) is 0.222. The van der Waals surface area contributed by atoms with Crippen molar-refractivity contribution >= 4 is 21.6 Å². The maximum Gasteiger partial charge on any atom is 0.242 e. The lowest BCUT2D eigenvalue weighted by Gasteiger charge is -2.12. The van der Waals surface area contributed by atoms with Gasteiger partial charge in [0.15, 0.2) is 0 Å². The van der Waals surface area contributed by atoms with E-state index < -0.39 is 10.0 Å². The molecule has 3 rings (SSSR count). The number of aryl methyl sites for hydroxylation is 3. The first-order valence-electron chi connectivity index (χ1n) is 7.92. The highest BCUT2D eigenvalue weighted by atomic mass is 35.5. The van der Waals surface area contributed by atoms with Gasteiger partial charge in [-0.2, -0.15) is 4.98 Å². The largest absolute Gasteiger partial charge is 0.338 e. The highest BCUT2D eigenvalue weighted by molar-refractivity contribution is 7.89. The van der Waals surface area contributed by atoms with Gasteiger partial charge in [-0.3, -0.25) is 0 Å². The van der Waals surface area contributed by atoms with Crippen LogP contribution in [-0.4, -0.2) is 18.6 Å². The molecular weight excluding hydrogens is 374 g/mol. The fourth-order valence-corrected chi connectivity index (χ4v) is 4.50. The van der Waals surface area contributed by atoms with E-state index in [2.05, 4.69) is 14.9 Å². The van der Waals surface area contributed by atoms with Gasteiger partial charge < -0.3 is 4.52 Å². The summed E-state index contributed by atoms with van der Waals surface area (Å²) in [5.74, 6) is 0.523. The van der Waals surface area contributed by atoms with Crippen molar-refractivity contribution in [1.29, 1.82) is 0 Å². The second-order valence-electron chi connectivity index (χ2n) is 6.07. The van der Waals surface area contributed by atoms with Crippen LogP contribution in [0.15, 0.2) is 45.8 Å². The molecular formula is C18H18ClN3O3S. The molecule has 3 aromatic rings. The third kappa shape index (κ3) is 3.95. The quantitative estimate of drug-likeness (QED) is 0.715. The number of hydrogen-bond acceptors (Lipinski definition) is 5. The van der Waals surface area contributed by atoms with Crippen LogP contribution >= 0.6 is 11.6 Å². The lowest BCUT2D eigenvalue weighted by molar-refractivity contribution is 0.376.